The van der Waals surface area contributed by atoms with Crippen molar-refractivity contribution in [2.45, 2.75) is 24.6 Å². The number of benzene rings is 2. The number of anilines is 2. The zero-order valence-electron chi connectivity index (χ0n) is 16.5. The molecule has 2 aromatic carbocycles. The molecule has 0 saturated carbocycles. The standard InChI is InChI=1S/C21H22Cl3N5/c1-4-29(5-2)16-9-7-15(8-10-16)13-25-28-19-17-12-14(3)6-11-18(17)26-20(27-19)21(22,23)24/h6-13H,4-5H2,1-3H3,(H,26,27,28)/b25-13-. The lowest BCUT2D eigenvalue weighted by Gasteiger charge is -2.20. The van der Waals surface area contributed by atoms with Crippen LogP contribution in [0.25, 0.3) is 10.9 Å². The van der Waals surface area contributed by atoms with Crippen LogP contribution < -0.4 is 10.3 Å². The predicted octanol–water partition coefficient (Wildman–Crippen LogP) is 6.06. The Morgan fingerprint density at radius 3 is 2.34 bits per heavy atom. The average Bonchev–Trinajstić information content (AvgIpc) is 2.69. The smallest absolute Gasteiger partial charge is 0.250 e. The first-order valence-electron chi connectivity index (χ1n) is 9.31. The molecule has 0 amide bonds. The first-order chi connectivity index (χ1) is 13.8. The molecule has 29 heavy (non-hydrogen) atoms. The van der Waals surface area contributed by atoms with E-state index >= 15 is 0 Å². The van der Waals surface area contributed by atoms with Gasteiger partial charge < -0.3 is 4.90 Å². The molecule has 3 rings (SSSR count). The molecule has 0 spiro atoms. The number of hydrogen-bond donors (Lipinski definition) is 1. The molecule has 0 aliphatic rings. The molecule has 0 atom stereocenters. The van der Waals surface area contributed by atoms with Gasteiger partial charge in [-0.15, -0.1) is 0 Å². The van der Waals surface area contributed by atoms with Crippen LogP contribution in [0, 0.1) is 6.92 Å². The maximum absolute atomic E-state index is 5.99. The topological polar surface area (TPSA) is 53.4 Å². The average molecular weight is 451 g/mol. The highest BCUT2D eigenvalue weighted by atomic mass is 35.6. The van der Waals surface area contributed by atoms with Gasteiger partial charge in [0.2, 0.25) is 3.79 Å². The molecule has 0 aliphatic carbocycles. The van der Waals surface area contributed by atoms with Crippen LogP contribution in [0.4, 0.5) is 11.5 Å². The molecule has 3 aromatic rings. The molecule has 0 unspecified atom stereocenters. The largest absolute Gasteiger partial charge is 0.372 e. The second-order valence-corrected chi connectivity index (χ2v) is 8.83. The second-order valence-electron chi connectivity index (χ2n) is 6.55. The van der Waals surface area contributed by atoms with Crippen molar-refractivity contribution in [3.63, 3.8) is 0 Å². The number of aryl methyl sites for hydroxylation is 1. The fourth-order valence-corrected chi connectivity index (χ4v) is 3.24. The Hall–Kier alpha value is -2.08. The summed E-state index contributed by atoms with van der Waals surface area (Å²) < 4.78 is -1.72. The summed E-state index contributed by atoms with van der Waals surface area (Å²) in [5.74, 6) is 0.580. The summed E-state index contributed by atoms with van der Waals surface area (Å²) in [6.45, 7) is 8.21. The maximum atomic E-state index is 5.99. The van der Waals surface area contributed by atoms with E-state index in [4.69, 9.17) is 34.8 Å². The fourth-order valence-electron chi connectivity index (χ4n) is 2.98. The molecule has 5 nitrogen and oxygen atoms in total. The molecular weight excluding hydrogens is 429 g/mol. The first-order valence-corrected chi connectivity index (χ1v) is 10.4. The third-order valence-corrected chi connectivity index (χ3v) is 5.02. The summed E-state index contributed by atoms with van der Waals surface area (Å²) >= 11 is 18.0. The van der Waals surface area contributed by atoms with Gasteiger partial charge in [0.15, 0.2) is 11.6 Å². The van der Waals surface area contributed by atoms with Crippen LogP contribution in [0.1, 0.15) is 30.8 Å². The Morgan fingerprint density at radius 2 is 1.72 bits per heavy atom. The maximum Gasteiger partial charge on any atom is 0.250 e. The number of alkyl halides is 3. The summed E-state index contributed by atoms with van der Waals surface area (Å²) in [5.41, 5.74) is 6.86. The summed E-state index contributed by atoms with van der Waals surface area (Å²) in [5, 5.41) is 5.12. The minimum atomic E-state index is -1.72. The van der Waals surface area contributed by atoms with Crippen LogP contribution in [0.5, 0.6) is 0 Å². The molecule has 152 valence electrons. The van der Waals surface area contributed by atoms with E-state index < -0.39 is 3.79 Å². The van der Waals surface area contributed by atoms with Crippen LogP contribution in [0.15, 0.2) is 47.6 Å². The van der Waals surface area contributed by atoms with E-state index in [0.29, 0.717) is 11.3 Å². The predicted molar refractivity (Wildman–Crippen MR) is 125 cm³/mol. The number of nitrogens with zero attached hydrogens (tertiary/aromatic N) is 4. The number of rotatable bonds is 6. The minimum absolute atomic E-state index is 0.0973. The van der Waals surface area contributed by atoms with E-state index in [1.54, 1.807) is 6.21 Å². The number of fused-ring (bicyclic) bond motifs is 1. The van der Waals surface area contributed by atoms with Crippen molar-refractivity contribution < 1.29 is 0 Å². The lowest BCUT2D eigenvalue weighted by Crippen LogP contribution is -2.21. The molecule has 0 radical (unpaired) electrons. The quantitative estimate of drug-likeness (QED) is 0.282. The van der Waals surface area contributed by atoms with Gasteiger partial charge in [0.1, 0.15) is 0 Å². The zero-order valence-corrected chi connectivity index (χ0v) is 18.7. The van der Waals surface area contributed by atoms with Crippen molar-refractivity contribution in [2.75, 3.05) is 23.4 Å². The molecule has 1 heterocycles. The number of hydrogen-bond acceptors (Lipinski definition) is 5. The lowest BCUT2D eigenvalue weighted by atomic mass is 10.1. The lowest BCUT2D eigenvalue weighted by molar-refractivity contribution is 0.866. The monoisotopic (exact) mass is 449 g/mol. The SMILES string of the molecule is CCN(CC)c1ccc(/C=N\Nc2nc(C(Cl)(Cl)Cl)nc3ccc(C)cc23)cc1. The molecule has 1 N–H and O–H groups in total. The van der Waals surface area contributed by atoms with Crippen molar-refractivity contribution in [1.29, 1.82) is 0 Å². The van der Waals surface area contributed by atoms with Crippen molar-refractivity contribution in [1.82, 2.24) is 9.97 Å². The van der Waals surface area contributed by atoms with E-state index in [2.05, 4.69) is 51.4 Å². The molecule has 8 heteroatoms. The zero-order chi connectivity index (χ0) is 21.0. The van der Waals surface area contributed by atoms with Gasteiger partial charge in [-0.25, -0.2) is 9.97 Å². The van der Waals surface area contributed by atoms with Crippen LogP contribution in [0.3, 0.4) is 0 Å². The summed E-state index contributed by atoms with van der Waals surface area (Å²) in [7, 11) is 0. The minimum Gasteiger partial charge on any atom is -0.372 e. The number of aromatic nitrogens is 2. The number of halogens is 3. The van der Waals surface area contributed by atoms with E-state index in [-0.39, 0.29) is 5.82 Å². The van der Waals surface area contributed by atoms with Gasteiger partial charge in [-0.1, -0.05) is 58.6 Å². The second kappa shape index (κ2) is 9.16. The van der Waals surface area contributed by atoms with E-state index in [9.17, 15) is 0 Å². The number of hydrazone groups is 1. The fraction of sp³-hybridized carbons (Fsp3) is 0.286. The molecule has 1 aromatic heterocycles. The Morgan fingerprint density at radius 1 is 1.03 bits per heavy atom. The Bertz CT molecular complexity index is 1010. The van der Waals surface area contributed by atoms with Crippen LogP contribution in [-0.2, 0) is 3.79 Å². The van der Waals surface area contributed by atoms with Crippen molar-refractivity contribution >= 4 is 63.4 Å². The van der Waals surface area contributed by atoms with E-state index in [0.717, 1.165) is 29.6 Å². The number of nitrogens with one attached hydrogen (secondary N) is 1. The van der Waals surface area contributed by atoms with Gasteiger partial charge in [-0.05, 0) is 50.6 Å². The van der Waals surface area contributed by atoms with Gasteiger partial charge in [-0.3, -0.25) is 5.43 Å². The summed E-state index contributed by atoms with van der Waals surface area (Å²) in [4.78, 5) is 11.0. The first kappa shape index (κ1) is 21.6. The van der Waals surface area contributed by atoms with Crippen LogP contribution >= 0.6 is 34.8 Å². The summed E-state index contributed by atoms with van der Waals surface area (Å²) in [6, 6.07) is 14.0. The van der Waals surface area contributed by atoms with Gasteiger partial charge in [0, 0.05) is 24.2 Å². The highest BCUT2D eigenvalue weighted by Crippen LogP contribution is 2.37. The van der Waals surface area contributed by atoms with Crippen molar-refractivity contribution in [2.24, 2.45) is 5.10 Å². The van der Waals surface area contributed by atoms with E-state index in [1.165, 1.54) is 5.69 Å². The molecule has 0 aliphatic heterocycles. The van der Waals surface area contributed by atoms with Crippen LogP contribution in [0.2, 0.25) is 0 Å². The molecule has 0 bridgehead atoms. The molecule has 0 fully saturated rings. The normalized spacial score (nSPS) is 11.9. The molecular formula is C21H22Cl3N5. The van der Waals surface area contributed by atoms with Crippen molar-refractivity contribution in [3.05, 3.63) is 59.4 Å². The highest BCUT2D eigenvalue weighted by Gasteiger charge is 2.28. The van der Waals surface area contributed by atoms with Gasteiger partial charge >= 0.3 is 0 Å². The van der Waals surface area contributed by atoms with Gasteiger partial charge in [0.25, 0.3) is 0 Å². The summed E-state index contributed by atoms with van der Waals surface area (Å²) in [6.07, 6.45) is 1.73. The third-order valence-electron chi connectivity index (χ3n) is 4.51. The van der Waals surface area contributed by atoms with Crippen LogP contribution in [-0.4, -0.2) is 29.3 Å². The van der Waals surface area contributed by atoms with Gasteiger partial charge in [-0.2, -0.15) is 5.10 Å². The molecule has 0 saturated heterocycles. The van der Waals surface area contributed by atoms with Crippen molar-refractivity contribution in [3.8, 4) is 0 Å². The Balaban J connectivity index is 1.86. The Labute approximate surface area is 185 Å². The van der Waals surface area contributed by atoms with E-state index in [1.807, 2.05) is 37.3 Å². The Kier molecular flexibility index (Phi) is 6.83. The third kappa shape index (κ3) is 5.30. The van der Waals surface area contributed by atoms with Gasteiger partial charge in [0.05, 0.1) is 11.7 Å². The highest BCUT2D eigenvalue weighted by molar-refractivity contribution is 6.66.